The zero-order chi connectivity index (χ0) is 12.7. The number of nitrogens with zero attached hydrogens (tertiary/aromatic N) is 1. The van der Waals surface area contributed by atoms with E-state index < -0.39 is 11.2 Å². The Morgan fingerprint density at radius 2 is 2.12 bits per heavy atom. The summed E-state index contributed by atoms with van der Waals surface area (Å²) >= 11 is 11.8. The van der Waals surface area contributed by atoms with Crippen LogP contribution in [0.1, 0.15) is 6.92 Å². The lowest BCUT2D eigenvalue weighted by Gasteiger charge is -2.12. The number of aryl methyl sites for hydroxylation is 1. The summed E-state index contributed by atoms with van der Waals surface area (Å²) in [6.45, 7) is 2.40. The van der Waals surface area contributed by atoms with Crippen LogP contribution in [-0.2, 0) is 6.54 Å². The third-order valence-electron chi connectivity index (χ3n) is 2.59. The number of hydrogen-bond acceptors (Lipinski definition) is 2. The third kappa shape index (κ3) is 1.77. The Balaban J connectivity index is 3.09. The Kier molecular flexibility index (Phi) is 3.02. The number of aromatic nitrogens is 1. The van der Waals surface area contributed by atoms with Gasteiger partial charge in [-0.15, -0.1) is 0 Å². The van der Waals surface area contributed by atoms with Gasteiger partial charge in [0, 0.05) is 12.7 Å². The monoisotopic (exact) mass is 274 g/mol. The normalized spacial score (nSPS) is 11.1. The number of hydrogen-bond donors (Lipinski definition) is 1. The minimum atomic E-state index is -0.718. The quantitative estimate of drug-likeness (QED) is 0.813. The van der Waals surface area contributed by atoms with E-state index in [0.717, 1.165) is 6.07 Å². The molecule has 2 N–H and O–H groups in total. The van der Waals surface area contributed by atoms with Crippen molar-refractivity contribution < 1.29 is 4.39 Å². The van der Waals surface area contributed by atoms with Gasteiger partial charge in [0.25, 0.3) is 0 Å². The van der Waals surface area contributed by atoms with Crippen LogP contribution >= 0.6 is 23.2 Å². The molecule has 17 heavy (non-hydrogen) atoms. The van der Waals surface area contributed by atoms with Crippen molar-refractivity contribution in [2.75, 3.05) is 5.73 Å². The average Bonchev–Trinajstić information content (AvgIpc) is 2.31. The number of benzene rings is 1. The lowest BCUT2D eigenvalue weighted by atomic mass is 10.1. The predicted octanol–water partition coefficient (Wildman–Crippen LogP) is 3.05. The zero-order valence-corrected chi connectivity index (χ0v) is 10.4. The number of nitrogen functional groups attached to an aromatic ring is 1. The molecule has 0 aliphatic carbocycles. The molecule has 0 radical (unpaired) electrons. The van der Waals surface area contributed by atoms with E-state index in [1.165, 1.54) is 6.20 Å². The maximum Gasteiger partial charge on any atom is 0.208 e. The number of fused-ring (bicyclic) bond motifs is 1. The predicted molar refractivity (Wildman–Crippen MR) is 68.3 cm³/mol. The Hall–Kier alpha value is -1.26. The van der Waals surface area contributed by atoms with Gasteiger partial charge in [-0.05, 0) is 13.0 Å². The number of nitrogens with two attached hydrogens (primary N) is 1. The lowest BCUT2D eigenvalue weighted by Crippen LogP contribution is -2.11. The third-order valence-corrected chi connectivity index (χ3v) is 3.24. The molecular formula is C11H9Cl2FN2O. The van der Waals surface area contributed by atoms with Gasteiger partial charge in [-0.1, -0.05) is 23.2 Å². The van der Waals surface area contributed by atoms with Crippen molar-refractivity contribution in [3.8, 4) is 0 Å². The van der Waals surface area contributed by atoms with Crippen LogP contribution in [0.2, 0.25) is 10.0 Å². The summed E-state index contributed by atoms with van der Waals surface area (Å²) in [5.41, 5.74) is 5.29. The van der Waals surface area contributed by atoms with Crippen LogP contribution in [0.5, 0.6) is 0 Å². The Bertz CT molecular complexity index is 667. The van der Waals surface area contributed by atoms with E-state index >= 15 is 0 Å². The van der Waals surface area contributed by atoms with Gasteiger partial charge in [0.1, 0.15) is 10.8 Å². The van der Waals surface area contributed by atoms with Crippen molar-refractivity contribution in [3.05, 3.63) is 38.3 Å². The molecule has 1 heterocycles. The second-order valence-electron chi connectivity index (χ2n) is 3.57. The average molecular weight is 275 g/mol. The Labute approximate surface area is 107 Å². The van der Waals surface area contributed by atoms with Crippen LogP contribution in [-0.4, -0.2) is 4.57 Å². The summed E-state index contributed by atoms with van der Waals surface area (Å²) in [6.07, 6.45) is 1.47. The molecule has 0 aliphatic heterocycles. The zero-order valence-electron chi connectivity index (χ0n) is 8.93. The minimum absolute atomic E-state index is 0.0274. The molecule has 0 spiro atoms. The van der Waals surface area contributed by atoms with Crippen LogP contribution in [0.25, 0.3) is 10.9 Å². The number of pyridine rings is 1. The molecule has 1 aromatic heterocycles. The first-order valence-electron chi connectivity index (χ1n) is 4.93. The molecule has 2 rings (SSSR count). The molecule has 0 saturated heterocycles. The van der Waals surface area contributed by atoms with Gasteiger partial charge >= 0.3 is 0 Å². The fourth-order valence-electron chi connectivity index (χ4n) is 1.72. The molecule has 2 aromatic rings. The second kappa shape index (κ2) is 4.20. The molecule has 90 valence electrons. The second-order valence-corrected chi connectivity index (χ2v) is 4.36. The Morgan fingerprint density at radius 1 is 1.47 bits per heavy atom. The van der Waals surface area contributed by atoms with Crippen molar-refractivity contribution >= 4 is 39.8 Å². The van der Waals surface area contributed by atoms with Gasteiger partial charge in [0.2, 0.25) is 5.43 Å². The van der Waals surface area contributed by atoms with Gasteiger partial charge in [0.05, 0.1) is 21.6 Å². The standard InChI is InChI=1S/C11H9Cl2FN2O/c1-2-16-4-6(12)11(17)5-3-7(14)9(15)8(13)10(5)16/h3-4H,2,15H2,1H3. The van der Waals surface area contributed by atoms with E-state index in [9.17, 15) is 9.18 Å². The largest absolute Gasteiger partial charge is 0.395 e. The molecule has 0 amide bonds. The molecule has 1 aromatic carbocycles. The van der Waals surface area contributed by atoms with Crippen molar-refractivity contribution in [1.82, 2.24) is 4.57 Å². The summed E-state index contributed by atoms with van der Waals surface area (Å²) in [5, 5.41) is 0.200. The molecule has 0 saturated carbocycles. The first kappa shape index (κ1) is 12.2. The summed E-state index contributed by atoms with van der Waals surface area (Å²) in [5.74, 6) is -0.718. The molecule has 0 fully saturated rings. The molecule has 6 heteroatoms. The molecule has 0 bridgehead atoms. The van der Waals surface area contributed by atoms with E-state index in [0.29, 0.717) is 12.1 Å². The van der Waals surface area contributed by atoms with E-state index in [-0.39, 0.29) is 21.1 Å². The lowest BCUT2D eigenvalue weighted by molar-refractivity contribution is 0.633. The molecule has 0 atom stereocenters. The summed E-state index contributed by atoms with van der Waals surface area (Å²) < 4.78 is 15.1. The van der Waals surface area contributed by atoms with Crippen LogP contribution in [0.3, 0.4) is 0 Å². The highest BCUT2D eigenvalue weighted by Crippen LogP contribution is 2.30. The van der Waals surface area contributed by atoms with Crippen LogP contribution in [0, 0.1) is 5.82 Å². The highest BCUT2D eigenvalue weighted by molar-refractivity contribution is 6.38. The van der Waals surface area contributed by atoms with Crippen LogP contribution < -0.4 is 11.2 Å². The van der Waals surface area contributed by atoms with Gasteiger partial charge in [-0.25, -0.2) is 4.39 Å². The first-order chi connectivity index (χ1) is 7.97. The van der Waals surface area contributed by atoms with Crippen molar-refractivity contribution in [2.24, 2.45) is 0 Å². The highest BCUT2D eigenvalue weighted by Gasteiger charge is 2.15. The van der Waals surface area contributed by atoms with Gasteiger partial charge in [-0.2, -0.15) is 0 Å². The van der Waals surface area contributed by atoms with Gasteiger partial charge in [-0.3, -0.25) is 4.79 Å². The summed E-state index contributed by atoms with van der Waals surface area (Å²) in [6, 6.07) is 1.07. The molecule has 0 unspecified atom stereocenters. The van der Waals surface area contributed by atoms with E-state index in [4.69, 9.17) is 28.9 Å². The van der Waals surface area contributed by atoms with Crippen LogP contribution in [0.4, 0.5) is 10.1 Å². The van der Waals surface area contributed by atoms with Gasteiger partial charge in [0.15, 0.2) is 0 Å². The van der Waals surface area contributed by atoms with E-state index in [1.807, 2.05) is 6.92 Å². The maximum atomic E-state index is 13.5. The minimum Gasteiger partial charge on any atom is -0.395 e. The number of anilines is 1. The van der Waals surface area contributed by atoms with Crippen molar-refractivity contribution in [3.63, 3.8) is 0 Å². The van der Waals surface area contributed by atoms with E-state index in [1.54, 1.807) is 4.57 Å². The van der Waals surface area contributed by atoms with E-state index in [2.05, 4.69) is 0 Å². The van der Waals surface area contributed by atoms with Crippen molar-refractivity contribution in [1.29, 1.82) is 0 Å². The molecule has 3 nitrogen and oxygen atoms in total. The summed E-state index contributed by atoms with van der Waals surface area (Å²) in [4.78, 5) is 11.8. The SMILES string of the molecule is CCn1cc(Cl)c(=O)c2cc(F)c(N)c(Cl)c21. The highest BCUT2D eigenvalue weighted by atomic mass is 35.5. The molecular weight excluding hydrogens is 266 g/mol. The topological polar surface area (TPSA) is 48.0 Å². The van der Waals surface area contributed by atoms with Crippen molar-refractivity contribution in [2.45, 2.75) is 13.5 Å². The number of halogens is 3. The Morgan fingerprint density at radius 3 is 2.71 bits per heavy atom. The first-order valence-corrected chi connectivity index (χ1v) is 5.69. The van der Waals surface area contributed by atoms with Gasteiger partial charge < -0.3 is 10.3 Å². The number of rotatable bonds is 1. The molecule has 0 aliphatic rings. The summed E-state index contributed by atoms with van der Waals surface area (Å²) in [7, 11) is 0. The smallest absolute Gasteiger partial charge is 0.208 e. The fraction of sp³-hybridized carbons (Fsp3) is 0.182. The fourth-order valence-corrected chi connectivity index (χ4v) is 2.24. The van der Waals surface area contributed by atoms with Crippen LogP contribution in [0.15, 0.2) is 17.1 Å². The maximum absolute atomic E-state index is 13.5.